The normalized spacial score (nSPS) is 10.0. The third kappa shape index (κ3) is 5.89. The molecular formula is C17H20O2. The molecule has 0 radical (unpaired) electrons. The Labute approximate surface area is 115 Å². The summed E-state index contributed by atoms with van der Waals surface area (Å²) in [5.74, 6) is -0.326. The molecule has 0 saturated heterocycles. The van der Waals surface area contributed by atoms with Crippen molar-refractivity contribution in [3.05, 3.63) is 59.9 Å². The van der Waals surface area contributed by atoms with Crippen LogP contribution in [0.4, 0.5) is 0 Å². The van der Waals surface area contributed by atoms with Gasteiger partial charge in [-0.1, -0.05) is 43.7 Å². The third-order valence-electron chi connectivity index (χ3n) is 2.45. The molecule has 1 rings (SSSR count). The van der Waals surface area contributed by atoms with E-state index in [0.717, 1.165) is 24.0 Å². The van der Waals surface area contributed by atoms with Gasteiger partial charge in [-0.3, -0.25) is 0 Å². The zero-order chi connectivity index (χ0) is 13.9. The summed E-state index contributed by atoms with van der Waals surface area (Å²) in [6.07, 6.45) is 7.25. The minimum atomic E-state index is -0.326. The van der Waals surface area contributed by atoms with Crippen LogP contribution in [0.15, 0.2) is 54.3 Å². The van der Waals surface area contributed by atoms with Crippen molar-refractivity contribution in [1.82, 2.24) is 0 Å². The molecule has 0 saturated carbocycles. The van der Waals surface area contributed by atoms with Crippen molar-refractivity contribution in [3.63, 3.8) is 0 Å². The van der Waals surface area contributed by atoms with Gasteiger partial charge in [0.2, 0.25) is 0 Å². The van der Waals surface area contributed by atoms with E-state index < -0.39 is 0 Å². The maximum atomic E-state index is 11.3. The van der Waals surface area contributed by atoms with Crippen LogP contribution in [0.1, 0.15) is 32.3 Å². The molecule has 0 aliphatic carbocycles. The van der Waals surface area contributed by atoms with Crippen molar-refractivity contribution < 1.29 is 9.53 Å². The first kappa shape index (κ1) is 15.0. The molecular weight excluding hydrogens is 236 g/mol. The Morgan fingerprint density at radius 1 is 1.21 bits per heavy atom. The summed E-state index contributed by atoms with van der Waals surface area (Å²) in [7, 11) is 0. The molecule has 0 aliphatic rings. The fourth-order valence-corrected chi connectivity index (χ4v) is 1.51. The van der Waals surface area contributed by atoms with Crippen LogP contribution < -0.4 is 0 Å². The minimum absolute atomic E-state index is 0.326. The Morgan fingerprint density at radius 3 is 2.58 bits per heavy atom. The van der Waals surface area contributed by atoms with Gasteiger partial charge in [0.05, 0.1) is 6.61 Å². The van der Waals surface area contributed by atoms with E-state index in [4.69, 9.17) is 4.74 Å². The van der Waals surface area contributed by atoms with Crippen LogP contribution in [0.2, 0.25) is 0 Å². The van der Waals surface area contributed by atoms with Gasteiger partial charge in [-0.05, 0) is 31.1 Å². The van der Waals surface area contributed by atoms with Crippen LogP contribution >= 0.6 is 0 Å². The number of ether oxygens (including phenoxy) is 1. The Kier molecular flexibility index (Phi) is 7.08. The fraction of sp³-hybridized carbons (Fsp3) is 0.294. The van der Waals surface area contributed by atoms with E-state index in [0.29, 0.717) is 6.61 Å². The van der Waals surface area contributed by atoms with Crippen LogP contribution in [0, 0.1) is 0 Å². The van der Waals surface area contributed by atoms with E-state index in [1.54, 1.807) is 13.0 Å². The summed E-state index contributed by atoms with van der Waals surface area (Å²) in [5, 5.41) is 0. The highest BCUT2D eigenvalue weighted by molar-refractivity contribution is 5.87. The second-order valence-corrected chi connectivity index (χ2v) is 4.00. The second-order valence-electron chi connectivity index (χ2n) is 4.00. The van der Waals surface area contributed by atoms with E-state index in [-0.39, 0.29) is 5.97 Å². The van der Waals surface area contributed by atoms with Crippen LogP contribution in [-0.2, 0) is 9.53 Å². The van der Waals surface area contributed by atoms with Crippen molar-refractivity contribution >= 4 is 11.5 Å². The molecule has 0 aliphatic heterocycles. The second kappa shape index (κ2) is 8.96. The maximum Gasteiger partial charge on any atom is 0.330 e. The van der Waals surface area contributed by atoms with Crippen molar-refractivity contribution in [2.45, 2.75) is 26.7 Å². The van der Waals surface area contributed by atoms with Gasteiger partial charge in [0.1, 0.15) is 0 Å². The molecule has 2 heteroatoms. The Morgan fingerprint density at radius 2 is 1.95 bits per heavy atom. The lowest BCUT2D eigenvalue weighted by Gasteiger charge is -1.99. The number of benzene rings is 1. The number of allylic oxidation sites excluding steroid dienone is 2. The Balaban J connectivity index is 2.95. The van der Waals surface area contributed by atoms with Gasteiger partial charge in [-0.25, -0.2) is 4.79 Å². The predicted molar refractivity (Wildman–Crippen MR) is 78.6 cm³/mol. The molecule has 0 atom stereocenters. The van der Waals surface area contributed by atoms with Gasteiger partial charge in [0.15, 0.2) is 0 Å². The lowest BCUT2D eigenvalue weighted by Crippen LogP contribution is -1.98. The monoisotopic (exact) mass is 256 g/mol. The SMILES string of the molecule is CCCC=C=C(/C=C/C(=O)OCC)c1ccccc1. The quantitative estimate of drug-likeness (QED) is 0.331. The summed E-state index contributed by atoms with van der Waals surface area (Å²) < 4.78 is 4.88. The third-order valence-corrected chi connectivity index (χ3v) is 2.45. The number of hydrogen-bond donors (Lipinski definition) is 0. The van der Waals surface area contributed by atoms with E-state index in [2.05, 4.69) is 12.7 Å². The molecule has 1 aromatic rings. The molecule has 0 fully saturated rings. The predicted octanol–water partition coefficient (Wildman–Crippen LogP) is 4.14. The highest BCUT2D eigenvalue weighted by Crippen LogP contribution is 2.14. The van der Waals surface area contributed by atoms with Crippen molar-refractivity contribution in [2.24, 2.45) is 0 Å². The number of carbonyl (C=O) groups excluding carboxylic acids is 1. The summed E-state index contributed by atoms with van der Waals surface area (Å²) in [6.45, 7) is 4.30. The summed E-state index contributed by atoms with van der Waals surface area (Å²) >= 11 is 0. The highest BCUT2D eigenvalue weighted by atomic mass is 16.5. The van der Waals surface area contributed by atoms with Crippen molar-refractivity contribution in [2.75, 3.05) is 6.61 Å². The molecule has 0 amide bonds. The van der Waals surface area contributed by atoms with Gasteiger partial charge in [-0.15, -0.1) is 5.73 Å². The van der Waals surface area contributed by atoms with E-state index in [9.17, 15) is 4.79 Å². The van der Waals surface area contributed by atoms with Crippen LogP contribution in [0.5, 0.6) is 0 Å². The lowest BCUT2D eigenvalue weighted by molar-refractivity contribution is -0.137. The fourth-order valence-electron chi connectivity index (χ4n) is 1.51. The number of carbonyl (C=O) groups is 1. The zero-order valence-electron chi connectivity index (χ0n) is 11.6. The lowest BCUT2D eigenvalue weighted by atomic mass is 10.1. The highest BCUT2D eigenvalue weighted by Gasteiger charge is 1.98. The molecule has 0 heterocycles. The van der Waals surface area contributed by atoms with Crippen molar-refractivity contribution in [3.8, 4) is 0 Å². The van der Waals surface area contributed by atoms with E-state index in [1.165, 1.54) is 6.08 Å². The number of esters is 1. The number of hydrogen-bond acceptors (Lipinski definition) is 2. The van der Waals surface area contributed by atoms with Gasteiger partial charge < -0.3 is 4.74 Å². The molecule has 19 heavy (non-hydrogen) atoms. The molecule has 2 nitrogen and oxygen atoms in total. The van der Waals surface area contributed by atoms with E-state index in [1.807, 2.05) is 36.4 Å². The number of rotatable bonds is 6. The summed E-state index contributed by atoms with van der Waals surface area (Å²) in [6, 6.07) is 9.89. The zero-order valence-corrected chi connectivity index (χ0v) is 11.6. The Hall–Kier alpha value is -2.05. The van der Waals surface area contributed by atoms with Gasteiger partial charge in [0.25, 0.3) is 0 Å². The first-order chi connectivity index (χ1) is 9.27. The Bertz CT molecular complexity index is 477. The van der Waals surface area contributed by atoms with Crippen LogP contribution in [-0.4, -0.2) is 12.6 Å². The first-order valence-electron chi connectivity index (χ1n) is 6.63. The smallest absolute Gasteiger partial charge is 0.330 e. The molecule has 100 valence electrons. The average Bonchev–Trinajstić information content (AvgIpc) is 2.44. The summed E-state index contributed by atoms with van der Waals surface area (Å²) in [5.41, 5.74) is 5.16. The molecule has 0 unspecified atom stereocenters. The molecule has 0 N–H and O–H groups in total. The van der Waals surface area contributed by atoms with Gasteiger partial charge in [-0.2, -0.15) is 0 Å². The molecule has 1 aromatic carbocycles. The topological polar surface area (TPSA) is 26.3 Å². The van der Waals surface area contributed by atoms with Gasteiger partial charge >= 0.3 is 5.97 Å². The summed E-state index contributed by atoms with van der Waals surface area (Å²) in [4.78, 5) is 11.3. The van der Waals surface area contributed by atoms with Gasteiger partial charge in [0, 0.05) is 11.6 Å². The van der Waals surface area contributed by atoms with Crippen LogP contribution in [0.25, 0.3) is 5.57 Å². The van der Waals surface area contributed by atoms with Crippen molar-refractivity contribution in [1.29, 1.82) is 0 Å². The minimum Gasteiger partial charge on any atom is -0.463 e. The van der Waals surface area contributed by atoms with Crippen LogP contribution in [0.3, 0.4) is 0 Å². The molecule has 0 aromatic heterocycles. The average molecular weight is 256 g/mol. The first-order valence-corrected chi connectivity index (χ1v) is 6.63. The molecule has 0 spiro atoms. The maximum absolute atomic E-state index is 11.3. The van der Waals surface area contributed by atoms with E-state index >= 15 is 0 Å². The number of unbranched alkanes of at least 4 members (excludes halogenated alkanes) is 1. The largest absolute Gasteiger partial charge is 0.463 e. The standard InChI is InChI=1S/C17H20O2/c1-3-5-7-10-16(13-14-17(18)19-4-2)15-11-8-6-9-12-15/h6-9,11-14H,3-5H2,1-2H3/b14-13+. The molecule has 0 bridgehead atoms.